The Labute approximate surface area is 111 Å². The van der Waals surface area contributed by atoms with Gasteiger partial charge in [0, 0.05) is 50.9 Å². The Bertz CT molecular complexity index is 458. The second-order valence-electron chi connectivity index (χ2n) is 5.01. The molecule has 0 radical (unpaired) electrons. The van der Waals surface area contributed by atoms with E-state index in [1.54, 1.807) is 18.0 Å². The van der Waals surface area contributed by atoms with Crippen LogP contribution < -0.4 is 4.90 Å². The molecule has 0 aliphatic carbocycles. The normalized spacial score (nSPS) is 18.1. The van der Waals surface area contributed by atoms with E-state index >= 15 is 0 Å². The van der Waals surface area contributed by atoms with Crippen LogP contribution in [0.2, 0.25) is 0 Å². The van der Waals surface area contributed by atoms with Crippen molar-refractivity contribution in [2.24, 2.45) is 0 Å². The summed E-state index contributed by atoms with van der Waals surface area (Å²) in [4.78, 5) is 12.8. The fourth-order valence-electron chi connectivity index (χ4n) is 2.40. The van der Waals surface area contributed by atoms with Crippen LogP contribution in [0.15, 0.2) is 18.2 Å². The molecule has 0 atom stereocenters. The summed E-state index contributed by atoms with van der Waals surface area (Å²) in [6.45, 7) is 1.46. The molecule has 0 unspecified atom stereocenters. The van der Waals surface area contributed by atoms with Crippen LogP contribution in [0, 0.1) is 5.82 Å². The molecule has 0 saturated carbocycles. The van der Waals surface area contributed by atoms with Crippen LogP contribution in [-0.4, -0.2) is 43.8 Å². The molecule has 0 amide bonds. The van der Waals surface area contributed by atoms with E-state index in [9.17, 15) is 14.3 Å². The average molecular weight is 267 g/mol. The van der Waals surface area contributed by atoms with E-state index in [0.29, 0.717) is 44.6 Å². The Morgan fingerprint density at radius 3 is 2.79 bits per heavy atom. The van der Waals surface area contributed by atoms with E-state index in [2.05, 4.69) is 0 Å². The number of carbonyl (C=O) groups is 1. The van der Waals surface area contributed by atoms with E-state index < -0.39 is 11.4 Å². The van der Waals surface area contributed by atoms with Crippen molar-refractivity contribution in [3.8, 4) is 0 Å². The van der Waals surface area contributed by atoms with Crippen LogP contribution in [-0.2, 0) is 4.74 Å². The van der Waals surface area contributed by atoms with Crippen molar-refractivity contribution in [3.05, 3.63) is 29.6 Å². The predicted octanol–water partition coefficient (Wildman–Crippen LogP) is 1.62. The number of carbonyl (C=O) groups excluding carboxylic acids is 1. The molecular formula is C14H18FNO3. The lowest BCUT2D eigenvalue weighted by molar-refractivity contribution is -0.0572. The van der Waals surface area contributed by atoms with Gasteiger partial charge in [-0.25, -0.2) is 4.39 Å². The van der Waals surface area contributed by atoms with Crippen LogP contribution >= 0.6 is 0 Å². The number of hydrogen-bond donors (Lipinski definition) is 1. The molecule has 1 aliphatic rings. The van der Waals surface area contributed by atoms with Crippen LogP contribution in [0.1, 0.15) is 23.2 Å². The van der Waals surface area contributed by atoms with Crippen molar-refractivity contribution in [2.75, 3.05) is 31.7 Å². The van der Waals surface area contributed by atoms with E-state index in [4.69, 9.17) is 4.74 Å². The van der Waals surface area contributed by atoms with Gasteiger partial charge in [-0.05, 0) is 18.2 Å². The number of nitrogens with zero attached hydrogens (tertiary/aromatic N) is 1. The smallest absolute Gasteiger partial charge is 0.152 e. The quantitative estimate of drug-likeness (QED) is 0.842. The fourth-order valence-corrected chi connectivity index (χ4v) is 2.40. The van der Waals surface area contributed by atoms with Crippen molar-refractivity contribution in [1.82, 2.24) is 0 Å². The Hall–Kier alpha value is -1.46. The molecule has 0 spiro atoms. The number of halogens is 1. The zero-order chi connectivity index (χ0) is 13.9. The summed E-state index contributed by atoms with van der Waals surface area (Å²) in [5.41, 5.74) is 0.0936. The first kappa shape index (κ1) is 14.0. The maximum atomic E-state index is 13.1. The molecule has 0 bridgehead atoms. The monoisotopic (exact) mass is 267 g/mol. The highest BCUT2D eigenvalue weighted by atomic mass is 19.1. The lowest BCUT2D eigenvalue weighted by Crippen LogP contribution is -2.46. The van der Waals surface area contributed by atoms with Crippen LogP contribution in [0.5, 0.6) is 0 Å². The van der Waals surface area contributed by atoms with Gasteiger partial charge in [0.15, 0.2) is 6.29 Å². The first-order valence-corrected chi connectivity index (χ1v) is 6.30. The minimum Gasteiger partial charge on any atom is -0.388 e. The van der Waals surface area contributed by atoms with E-state index in [1.807, 2.05) is 0 Å². The zero-order valence-electron chi connectivity index (χ0n) is 10.9. The molecule has 1 fully saturated rings. The fraction of sp³-hybridized carbons (Fsp3) is 0.500. The van der Waals surface area contributed by atoms with Gasteiger partial charge in [0.1, 0.15) is 5.82 Å². The maximum Gasteiger partial charge on any atom is 0.152 e. The van der Waals surface area contributed by atoms with E-state index in [-0.39, 0.29) is 5.56 Å². The number of anilines is 1. The minimum atomic E-state index is -0.818. The Kier molecular flexibility index (Phi) is 4.17. The molecule has 1 aliphatic heterocycles. The van der Waals surface area contributed by atoms with Crippen LogP contribution in [0.25, 0.3) is 0 Å². The number of rotatable bonds is 4. The van der Waals surface area contributed by atoms with Crippen molar-refractivity contribution in [3.63, 3.8) is 0 Å². The molecule has 2 rings (SSSR count). The molecule has 1 N–H and O–H groups in total. The third-order valence-electron chi connectivity index (χ3n) is 3.48. The lowest BCUT2D eigenvalue weighted by Gasteiger charge is -2.36. The number of likely N-dealkylation sites (N-methyl/N-ethyl adjacent to an activating group) is 1. The van der Waals surface area contributed by atoms with Gasteiger partial charge in [0.2, 0.25) is 0 Å². The summed E-state index contributed by atoms with van der Waals surface area (Å²) < 4.78 is 18.3. The number of ether oxygens (including phenoxy) is 1. The summed E-state index contributed by atoms with van der Waals surface area (Å²) in [6, 6.07) is 4.07. The summed E-state index contributed by atoms with van der Waals surface area (Å²) >= 11 is 0. The highest BCUT2D eigenvalue weighted by Gasteiger charge is 2.31. The van der Waals surface area contributed by atoms with Gasteiger partial charge < -0.3 is 14.7 Å². The molecule has 104 valence electrons. The highest BCUT2D eigenvalue weighted by molar-refractivity contribution is 5.84. The minimum absolute atomic E-state index is 0.290. The number of hydrogen-bond acceptors (Lipinski definition) is 4. The lowest BCUT2D eigenvalue weighted by atomic mass is 9.93. The van der Waals surface area contributed by atoms with Crippen molar-refractivity contribution < 1.29 is 19.0 Å². The van der Waals surface area contributed by atoms with Crippen LogP contribution in [0.3, 0.4) is 0 Å². The molecule has 1 aromatic carbocycles. The van der Waals surface area contributed by atoms with Gasteiger partial charge in [0.05, 0.1) is 5.60 Å². The van der Waals surface area contributed by atoms with Gasteiger partial charge in [-0.15, -0.1) is 0 Å². The van der Waals surface area contributed by atoms with Gasteiger partial charge >= 0.3 is 0 Å². The van der Waals surface area contributed by atoms with E-state index in [0.717, 1.165) is 0 Å². The summed E-state index contributed by atoms with van der Waals surface area (Å²) in [5, 5.41) is 10.4. The van der Waals surface area contributed by atoms with Crippen molar-refractivity contribution >= 4 is 12.0 Å². The zero-order valence-corrected chi connectivity index (χ0v) is 10.9. The predicted molar refractivity (Wildman–Crippen MR) is 70.1 cm³/mol. The summed E-state index contributed by atoms with van der Waals surface area (Å²) in [6.07, 6.45) is 1.76. The first-order valence-electron chi connectivity index (χ1n) is 6.30. The molecule has 0 aromatic heterocycles. The molecule has 1 saturated heterocycles. The summed E-state index contributed by atoms with van der Waals surface area (Å²) in [5.74, 6) is -0.441. The SMILES string of the molecule is CN(CC1(O)CCOCC1)c1ccc(F)cc1C=O. The third kappa shape index (κ3) is 3.30. The van der Waals surface area contributed by atoms with Crippen molar-refractivity contribution in [2.45, 2.75) is 18.4 Å². The number of aldehydes is 1. The van der Waals surface area contributed by atoms with Crippen molar-refractivity contribution in [1.29, 1.82) is 0 Å². The first-order chi connectivity index (χ1) is 9.04. The third-order valence-corrected chi connectivity index (χ3v) is 3.48. The van der Waals surface area contributed by atoms with Gasteiger partial charge in [-0.2, -0.15) is 0 Å². The molecule has 1 aromatic rings. The van der Waals surface area contributed by atoms with Gasteiger partial charge in [-0.1, -0.05) is 0 Å². The summed E-state index contributed by atoms with van der Waals surface area (Å²) in [7, 11) is 1.79. The van der Waals surface area contributed by atoms with Crippen LogP contribution in [0.4, 0.5) is 10.1 Å². The topological polar surface area (TPSA) is 49.8 Å². The Balaban J connectivity index is 2.15. The van der Waals surface area contributed by atoms with E-state index in [1.165, 1.54) is 12.1 Å². The number of benzene rings is 1. The standard InChI is InChI=1S/C14H18FNO3/c1-16(10-14(18)4-6-19-7-5-14)13-3-2-12(15)8-11(13)9-17/h2-3,8-9,18H,4-7,10H2,1H3. The molecule has 19 heavy (non-hydrogen) atoms. The highest BCUT2D eigenvalue weighted by Crippen LogP contribution is 2.26. The largest absolute Gasteiger partial charge is 0.388 e. The second-order valence-corrected chi connectivity index (χ2v) is 5.01. The molecule has 4 nitrogen and oxygen atoms in total. The molecule has 1 heterocycles. The second kappa shape index (κ2) is 5.67. The molecular weight excluding hydrogens is 249 g/mol. The maximum absolute atomic E-state index is 13.1. The number of aliphatic hydroxyl groups is 1. The Morgan fingerprint density at radius 1 is 1.47 bits per heavy atom. The average Bonchev–Trinajstić information content (AvgIpc) is 2.38. The molecule has 5 heteroatoms. The van der Waals surface area contributed by atoms with Gasteiger partial charge in [-0.3, -0.25) is 4.79 Å². The van der Waals surface area contributed by atoms with Gasteiger partial charge in [0.25, 0.3) is 0 Å². The Morgan fingerprint density at radius 2 is 2.16 bits per heavy atom.